The normalized spacial score (nSPS) is 33.0. The molecule has 3 aliphatic rings. The van der Waals surface area contributed by atoms with Crippen molar-refractivity contribution in [3.8, 4) is 0 Å². The molecule has 2 saturated carbocycles. The van der Waals surface area contributed by atoms with Crippen LogP contribution in [0, 0.1) is 17.8 Å². The van der Waals surface area contributed by atoms with Gasteiger partial charge in [-0.3, -0.25) is 4.99 Å². The van der Waals surface area contributed by atoms with Crippen molar-refractivity contribution in [3.63, 3.8) is 0 Å². The first-order valence-electron chi connectivity index (χ1n) is 9.93. The van der Waals surface area contributed by atoms with Gasteiger partial charge >= 0.3 is 0 Å². The van der Waals surface area contributed by atoms with Gasteiger partial charge in [0.2, 0.25) is 0 Å². The van der Waals surface area contributed by atoms with E-state index in [1.165, 1.54) is 64.5 Å². The number of nitrogens with one attached hydrogen (secondary N) is 2. The lowest BCUT2D eigenvalue weighted by Crippen LogP contribution is -2.41. The summed E-state index contributed by atoms with van der Waals surface area (Å²) in [5.41, 5.74) is 0. The predicted octanol–water partition coefficient (Wildman–Crippen LogP) is 2.85. The van der Waals surface area contributed by atoms with Crippen molar-refractivity contribution in [3.05, 3.63) is 0 Å². The highest BCUT2D eigenvalue weighted by Crippen LogP contribution is 2.31. The molecule has 3 rings (SSSR count). The molecular weight excluding hydrogens is 284 g/mol. The minimum absolute atomic E-state index is 0.799. The molecular formula is C19H36N4. The Kier molecular flexibility index (Phi) is 6.21. The van der Waals surface area contributed by atoms with Crippen LogP contribution in [-0.2, 0) is 0 Å². The van der Waals surface area contributed by atoms with E-state index >= 15 is 0 Å². The van der Waals surface area contributed by atoms with E-state index in [4.69, 9.17) is 0 Å². The van der Waals surface area contributed by atoms with Crippen molar-refractivity contribution in [2.24, 2.45) is 22.7 Å². The highest BCUT2D eigenvalue weighted by Gasteiger charge is 2.34. The third-order valence-corrected chi connectivity index (χ3v) is 6.05. The Morgan fingerprint density at radius 2 is 1.96 bits per heavy atom. The Hall–Kier alpha value is -0.770. The van der Waals surface area contributed by atoms with E-state index in [2.05, 4.69) is 27.4 Å². The lowest BCUT2D eigenvalue weighted by Gasteiger charge is -2.27. The van der Waals surface area contributed by atoms with Gasteiger partial charge in [-0.05, 0) is 56.4 Å². The van der Waals surface area contributed by atoms with Gasteiger partial charge in [-0.25, -0.2) is 0 Å². The van der Waals surface area contributed by atoms with Crippen molar-refractivity contribution in [1.29, 1.82) is 0 Å². The summed E-state index contributed by atoms with van der Waals surface area (Å²) in [5.74, 6) is 3.65. The van der Waals surface area contributed by atoms with Gasteiger partial charge in [0.1, 0.15) is 0 Å². The Morgan fingerprint density at radius 3 is 2.70 bits per heavy atom. The third-order valence-electron chi connectivity index (χ3n) is 6.05. The van der Waals surface area contributed by atoms with Gasteiger partial charge in [0, 0.05) is 32.7 Å². The molecule has 0 aromatic heterocycles. The number of rotatable bonds is 6. The standard InChI is InChI=1S/C19H36N4/c1-15-4-3-5-16(12-15)8-10-21-19(20-2)22-13-17-9-11-23(14-17)18-6-7-18/h15-18H,3-14H2,1-2H3,(H2,20,21,22). The van der Waals surface area contributed by atoms with Crippen molar-refractivity contribution < 1.29 is 0 Å². The summed E-state index contributed by atoms with van der Waals surface area (Å²) in [6.45, 7) is 7.14. The third kappa shape index (κ3) is 5.37. The van der Waals surface area contributed by atoms with Crippen LogP contribution >= 0.6 is 0 Å². The smallest absolute Gasteiger partial charge is 0.190 e. The Morgan fingerprint density at radius 1 is 1.09 bits per heavy atom. The van der Waals surface area contributed by atoms with Crippen LogP contribution in [0.3, 0.4) is 0 Å². The predicted molar refractivity (Wildman–Crippen MR) is 97.8 cm³/mol. The summed E-state index contributed by atoms with van der Waals surface area (Å²) in [5, 5.41) is 7.08. The maximum atomic E-state index is 4.39. The van der Waals surface area contributed by atoms with E-state index < -0.39 is 0 Å². The Bertz CT molecular complexity index is 391. The number of aliphatic imine (C=N–C) groups is 1. The van der Waals surface area contributed by atoms with Gasteiger partial charge in [-0.2, -0.15) is 0 Å². The lowest BCUT2D eigenvalue weighted by atomic mass is 9.81. The van der Waals surface area contributed by atoms with E-state index in [0.717, 1.165) is 42.8 Å². The summed E-state index contributed by atoms with van der Waals surface area (Å²) in [4.78, 5) is 7.08. The fourth-order valence-corrected chi connectivity index (χ4v) is 4.48. The van der Waals surface area contributed by atoms with Crippen molar-refractivity contribution in [1.82, 2.24) is 15.5 Å². The monoisotopic (exact) mass is 320 g/mol. The minimum atomic E-state index is 0.799. The molecule has 3 fully saturated rings. The van der Waals surface area contributed by atoms with Crippen molar-refractivity contribution >= 4 is 5.96 Å². The van der Waals surface area contributed by atoms with E-state index in [1.54, 1.807) is 0 Å². The largest absolute Gasteiger partial charge is 0.356 e. The van der Waals surface area contributed by atoms with E-state index in [-0.39, 0.29) is 0 Å². The molecule has 23 heavy (non-hydrogen) atoms. The molecule has 3 atom stereocenters. The highest BCUT2D eigenvalue weighted by molar-refractivity contribution is 5.79. The van der Waals surface area contributed by atoms with Crippen molar-refractivity contribution in [2.75, 3.05) is 33.2 Å². The molecule has 1 aliphatic heterocycles. The number of nitrogens with zero attached hydrogens (tertiary/aromatic N) is 2. The lowest BCUT2D eigenvalue weighted by molar-refractivity contribution is 0.270. The second-order valence-corrected chi connectivity index (χ2v) is 8.19. The zero-order valence-corrected chi connectivity index (χ0v) is 15.2. The van der Waals surface area contributed by atoms with Crippen LogP contribution in [-0.4, -0.2) is 50.1 Å². The second kappa shape index (κ2) is 8.36. The van der Waals surface area contributed by atoms with Gasteiger partial charge in [0.15, 0.2) is 5.96 Å². The maximum absolute atomic E-state index is 4.39. The molecule has 2 aliphatic carbocycles. The Balaban J connectivity index is 1.29. The average Bonchev–Trinajstić information content (AvgIpc) is 3.30. The highest BCUT2D eigenvalue weighted by atomic mass is 15.2. The van der Waals surface area contributed by atoms with Gasteiger partial charge in [-0.1, -0.05) is 26.2 Å². The minimum Gasteiger partial charge on any atom is -0.356 e. The summed E-state index contributed by atoms with van der Waals surface area (Å²) < 4.78 is 0. The molecule has 0 amide bonds. The molecule has 1 heterocycles. The van der Waals surface area contributed by atoms with Gasteiger partial charge in [-0.15, -0.1) is 0 Å². The first-order chi connectivity index (χ1) is 11.2. The van der Waals surface area contributed by atoms with E-state index in [0.29, 0.717) is 0 Å². The molecule has 0 bridgehead atoms. The molecule has 0 aromatic rings. The maximum Gasteiger partial charge on any atom is 0.190 e. The zero-order valence-electron chi connectivity index (χ0n) is 15.2. The molecule has 0 spiro atoms. The molecule has 2 N–H and O–H groups in total. The number of hydrogen-bond donors (Lipinski definition) is 2. The SMILES string of the molecule is CN=C(NCCC1CCCC(C)C1)NCC1CCN(C2CC2)C1. The quantitative estimate of drug-likeness (QED) is 0.584. The molecule has 4 heteroatoms. The fourth-order valence-electron chi connectivity index (χ4n) is 4.48. The average molecular weight is 321 g/mol. The zero-order chi connectivity index (χ0) is 16.1. The van der Waals surface area contributed by atoms with Gasteiger partial charge in [0.05, 0.1) is 0 Å². The fraction of sp³-hybridized carbons (Fsp3) is 0.947. The summed E-state index contributed by atoms with van der Waals surface area (Å²) >= 11 is 0. The van der Waals surface area contributed by atoms with Crippen LogP contribution in [0.5, 0.6) is 0 Å². The first-order valence-corrected chi connectivity index (χ1v) is 9.93. The first kappa shape index (κ1) is 17.1. The van der Waals surface area contributed by atoms with Crippen LogP contribution in [0.15, 0.2) is 4.99 Å². The molecule has 4 nitrogen and oxygen atoms in total. The van der Waals surface area contributed by atoms with Gasteiger partial charge < -0.3 is 15.5 Å². The van der Waals surface area contributed by atoms with Crippen LogP contribution in [0.2, 0.25) is 0 Å². The molecule has 1 saturated heterocycles. The number of likely N-dealkylation sites (tertiary alicyclic amines) is 1. The van der Waals surface area contributed by atoms with Crippen LogP contribution in [0.25, 0.3) is 0 Å². The molecule has 132 valence electrons. The van der Waals surface area contributed by atoms with E-state index in [9.17, 15) is 0 Å². The summed E-state index contributed by atoms with van der Waals surface area (Å²) in [7, 11) is 1.89. The topological polar surface area (TPSA) is 39.7 Å². The molecule has 0 radical (unpaired) electrons. The Labute approximate surface area is 142 Å². The van der Waals surface area contributed by atoms with Crippen molar-refractivity contribution in [2.45, 2.75) is 64.3 Å². The summed E-state index contributed by atoms with van der Waals surface area (Å²) in [6.07, 6.45) is 11.2. The van der Waals surface area contributed by atoms with E-state index in [1.807, 2.05) is 7.05 Å². The van der Waals surface area contributed by atoms with Crippen LogP contribution in [0.4, 0.5) is 0 Å². The molecule has 3 unspecified atom stereocenters. The van der Waals surface area contributed by atoms with Crippen LogP contribution in [0.1, 0.15) is 58.3 Å². The van der Waals surface area contributed by atoms with Crippen LogP contribution < -0.4 is 10.6 Å². The molecule has 0 aromatic carbocycles. The number of guanidine groups is 1. The number of hydrogen-bond acceptors (Lipinski definition) is 2. The second-order valence-electron chi connectivity index (χ2n) is 8.19. The van der Waals surface area contributed by atoms with Gasteiger partial charge in [0.25, 0.3) is 0 Å². The summed E-state index contributed by atoms with van der Waals surface area (Å²) in [6, 6.07) is 0.926.